The van der Waals surface area contributed by atoms with Crippen LogP contribution in [0.25, 0.3) is 0 Å². The van der Waals surface area contributed by atoms with Crippen LogP contribution in [-0.4, -0.2) is 37.2 Å². The number of carbonyl (C=O) groups excluding carboxylic acids is 3. The third-order valence-electron chi connectivity index (χ3n) is 13.0. The Kier molecular flexibility index (Phi) is 58.3. The lowest BCUT2D eigenvalue weighted by atomic mass is 10.0. The maximum Gasteiger partial charge on any atom is 0.306 e. The van der Waals surface area contributed by atoms with Crippen LogP contribution in [0.4, 0.5) is 0 Å². The van der Waals surface area contributed by atoms with E-state index in [1.54, 1.807) is 0 Å². The zero-order valence-corrected chi connectivity index (χ0v) is 48.3. The first kappa shape index (κ1) is 70.1. The van der Waals surface area contributed by atoms with E-state index in [1.807, 2.05) is 0 Å². The summed E-state index contributed by atoms with van der Waals surface area (Å²) in [6.07, 6.45) is 83.7. The van der Waals surface area contributed by atoms with Crippen LogP contribution < -0.4 is 0 Å². The smallest absolute Gasteiger partial charge is 0.306 e. The highest BCUT2D eigenvalue weighted by Gasteiger charge is 2.19. The van der Waals surface area contributed by atoms with Crippen LogP contribution in [0.3, 0.4) is 0 Å². The average Bonchev–Trinajstić information content (AvgIpc) is 3.40. The molecule has 0 rings (SSSR count). The number of ether oxygens (including phenoxy) is 3. The summed E-state index contributed by atoms with van der Waals surface area (Å²) < 4.78 is 16.9. The second kappa shape index (κ2) is 61.6. The second-order valence-corrected chi connectivity index (χ2v) is 20.2. The van der Waals surface area contributed by atoms with Crippen molar-refractivity contribution in [2.45, 2.75) is 290 Å². The van der Waals surface area contributed by atoms with Gasteiger partial charge in [-0.3, -0.25) is 14.4 Å². The Bertz CT molecular complexity index is 1510. The molecule has 0 N–H and O–H groups in total. The molecule has 0 bridgehead atoms. The fraction of sp³-hybridized carbons (Fsp3) is 0.691. The van der Waals surface area contributed by atoms with Crippen LogP contribution >= 0.6 is 0 Å². The van der Waals surface area contributed by atoms with Gasteiger partial charge >= 0.3 is 17.9 Å². The highest BCUT2D eigenvalue weighted by atomic mass is 16.6. The SMILES string of the molecule is CC/C=C\C/C=C\C/C=C\C/C=C\C/C=C\C/C=C\C/C=C\CCCCCCCC(=O)OCC(COC(=O)CCCCCCCCCCCCCC)OC(=O)CCCCCCCCC/C=C\C/C=C\CCCCC. The molecule has 0 radical (unpaired) electrons. The number of esters is 3. The van der Waals surface area contributed by atoms with E-state index in [4.69, 9.17) is 14.2 Å². The summed E-state index contributed by atoms with van der Waals surface area (Å²) in [4.78, 5) is 38.2. The lowest BCUT2D eigenvalue weighted by molar-refractivity contribution is -0.167. The van der Waals surface area contributed by atoms with E-state index in [1.165, 1.54) is 109 Å². The van der Waals surface area contributed by atoms with Crippen LogP contribution in [0, 0.1) is 0 Å². The van der Waals surface area contributed by atoms with Gasteiger partial charge in [-0.1, -0.05) is 265 Å². The molecule has 0 aromatic rings. The van der Waals surface area contributed by atoms with E-state index in [0.717, 1.165) is 135 Å². The van der Waals surface area contributed by atoms with Crippen LogP contribution in [0.2, 0.25) is 0 Å². The van der Waals surface area contributed by atoms with Crippen molar-refractivity contribution in [3.8, 4) is 0 Å². The summed E-state index contributed by atoms with van der Waals surface area (Å²) in [6.45, 7) is 6.49. The molecule has 0 fully saturated rings. The molecule has 422 valence electrons. The normalized spacial score (nSPS) is 12.9. The van der Waals surface area contributed by atoms with Crippen molar-refractivity contribution in [1.82, 2.24) is 0 Å². The van der Waals surface area contributed by atoms with Gasteiger partial charge in [0.15, 0.2) is 6.10 Å². The highest BCUT2D eigenvalue weighted by molar-refractivity contribution is 5.71. The number of hydrogen-bond donors (Lipinski definition) is 0. The molecule has 74 heavy (non-hydrogen) atoms. The van der Waals surface area contributed by atoms with Gasteiger partial charge in [-0.25, -0.2) is 0 Å². The Morgan fingerprint density at radius 3 is 0.851 bits per heavy atom. The molecule has 0 amide bonds. The van der Waals surface area contributed by atoms with E-state index in [-0.39, 0.29) is 31.1 Å². The summed E-state index contributed by atoms with van der Waals surface area (Å²) in [6, 6.07) is 0. The van der Waals surface area contributed by atoms with E-state index >= 15 is 0 Å². The van der Waals surface area contributed by atoms with Gasteiger partial charge in [0.2, 0.25) is 0 Å². The standard InChI is InChI=1S/C68H114O6/c1-4-7-10-13-16-19-22-25-27-29-30-31-32-33-34-35-36-37-38-40-41-43-46-49-52-55-58-61-67(70)73-64-65(63-72-66(69)60-57-54-51-48-45-24-21-18-15-12-9-6-3)74-68(71)62-59-56-53-50-47-44-42-39-28-26-23-20-17-14-11-8-5-2/h7,10,16-17,19-20,25-28,30-31,33-34,36-37,40-41,65H,4-6,8-9,11-15,18,21-24,29,32,35,38-39,42-64H2,1-3H3/b10-7-,19-16-,20-17-,27-25-,28-26-,31-30-,34-33-,37-36-,41-40-. The first-order valence-electron chi connectivity index (χ1n) is 30.9. The number of rotatable bonds is 55. The van der Waals surface area contributed by atoms with Gasteiger partial charge in [0, 0.05) is 19.3 Å². The molecule has 0 aromatic carbocycles. The van der Waals surface area contributed by atoms with Crippen molar-refractivity contribution in [3.63, 3.8) is 0 Å². The monoisotopic (exact) mass is 1030 g/mol. The predicted octanol–water partition coefficient (Wildman–Crippen LogP) is 21.0. The fourth-order valence-electron chi connectivity index (χ4n) is 8.39. The van der Waals surface area contributed by atoms with Crippen molar-refractivity contribution in [1.29, 1.82) is 0 Å². The van der Waals surface area contributed by atoms with Gasteiger partial charge in [-0.2, -0.15) is 0 Å². The number of allylic oxidation sites excluding steroid dienone is 18. The average molecular weight is 1030 g/mol. The number of hydrogen-bond acceptors (Lipinski definition) is 6. The molecule has 0 aliphatic carbocycles. The lowest BCUT2D eigenvalue weighted by Gasteiger charge is -2.18. The molecule has 1 unspecified atom stereocenters. The molecular weight excluding hydrogens is 913 g/mol. The Morgan fingerprint density at radius 1 is 0.284 bits per heavy atom. The van der Waals surface area contributed by atoms with Crippen LogP contribution in [-0.2, 0) is 28.6 Å². The molecule has 6 nitrogen and oxygen atoms in total. The van der Waals surface area contributed by atoms with Crippen molar-refractivity contribution in [3.05, 3.63) is 109 Å². The van der Waals surface area contributed by atoms with Gasteiger partial charge in [-0.05, 0) is 109 Å². The molecule has 0 saturated carbocycles. The van der Waals surface area contributed by atoms with Gasteiger partial charge in [-0.15, -0.1) is 0 Å². The Labute approximate surface area is 457 Å². The third-order valence-corrected chi connectivity index (χ3v) is 13.0. The molecular formula is C68H114O6. The van der Waals surface area contributed by atoms with Gasteiger partial charge in [0.1, 0.15) is 13.2 Å². The summed E-state index contributed by atoms with van der Waals surface area (Å²) in [5.41, 5.74) is 0. The zero-order valence-electron chi connectivity index (χ0n) is 48.3. The minimum atomic E-state index is -0.791. The minimum absolute atomic E-state index is 0.0864. The molecule has 0 spiro atoms. The maximum atomic E-state index is 12.9. The largest absolute Gasteiger partial charge is 0.462 e. The quantitative estimate of drug-likeness (QED) is 0.0261. The van der Waals surface area contributed by atoms with E-state index in [2.05, 4.69) is 130 Å². The molecule has 0 saturated heterocycles. The molecule has 0 aromatic heterocycles. The summed E-state index contributed by atoms with van der Waals surface area (Å²) in [7, 11) is 0. The lowest BCUT2D eigenvalue weighted by Crippen LogP contribution is -2.30. The van der Waals surface area contributed by atoms with Crippen LogP contribution in [0.5, 0.6) is 0 Å². The van der Waals surface area contributed by atoms with Crippen molar-refractivity contribution in [2.75, 3.05) is 13.2 Å². The molecule has 1 atom stereocenters. The highest BCUT2D eigenvalue weighted by Crippen LogP contribution is 2.15. The van der Waals surface area contributed by atoms with E-state index < -0.39 is 6.10 Å². The van der Waals surface area contributed by atoms with Crippen LogP contribution in [0.1, 0.15) is 284 Å². The number of unbranched alkanes of at least 4 members (excludes halogenated alkanes) is 26. The first-order chi connectivity index (χ1) is 36.5. The Hall–Kier alpha value is -3.93. The second-order valence-electron chi connectivity index (χ2n) is 20.2. The summed E-state index contributed by atoms with van der Waals surface area (Å²) in [5, 5.41) is 0. The van der Waals surface area contributed by atoms with Gasteiger partial charge < -0.3 is 14.2 Å². The molecule has 6 heteroatoms. The zero-order chi connectivity index (χ0) is 53.6. The fourth-order valence-corrected chi connectivity index (χ4v) is 8.39. The summed E-state index contributed by atoms with van der Waals surface area (Å²) in [5.74, 6) is -0.909. The maximum absolute atomic E-state index is 12.9. The molecule has 0 aliphatic rings. The van der Waals surface area contributed by atoms with Gasteiger partial charge in [0.25, 0.3) is 0 Å². The van der Waals surface area contributed by atoms with E-state index in [0.29, 0.717) is 19.3 Å². The third kappa shape index (κ3) is 59.0. The van der Waals surface area contributed by atoms with Crippen molar-refractivity contribution < 1.29 is 28.6 Å². The van der Waals surface area contributed by atoms with Gasteiger partial charge in [0.05, 0.1) is 0 Å². The van der Waals surface area contributed by atoms with Crippen molar-refractivity contribution in [2.24, 2.45) is 0 Å². The van der Waals surface area contributed by atoms with Crippen molar-refractivity contribution >= 4 is 17.9 Å². The predicted molar refractivity (Wildman–Crippen MR) is 320 cm³/mol. The molecule has 0 heterocycles. The number of carbonyl (C=O) groups is 3. The topological polar surface area (TPSA) is 78.9 Å². The molecule has 0 aliphatic heterocycles. The van der Waals surface area contributed by atoms with Crippen LogP contribution in [0.15, 0.2) is 109 Å². The Morgan fingerprint density at radius 2 is 0.527 bits per heavy atom. The Balaban J connectivity index is 4.37. The van der Waals surface area contributed by atoms with E-state index in [9.17, 15) is 14.4 Å². The first-order valence-corrected chi connectivity index (χ1v) is 30.9. The minimum Gasteiger partial charge on any atom is -0.462 e. The summed E-state index contributed by atoms with van der Waals surface area (Å²) >= 11 is 0.